The van der Waals surface area contributed by atoms with E-state index in [9.17, 15) is 18.9 Å². The van der Waals surface area contributed by atoms with Gasteiger partial charge in [-0.1, -0.05) is 17.7 Å². The third-order valence-corrected chi connectivity index (χ3v) is 2.27. The molecule has 0 heterocycles. The first-order valence-electron chi connectivity index (χ1n) is 4.56. The number of nitro benzene ring substituents is 1. The Morgan fingerprint density at radius 2 is 2.18 bits per heavy atom. The number of para-hydroxylation sites is 1. The number of aliphatic hydroxyl groups is 1. The summed E-state index contributed by atoms with van der Waals surface area (Å²) in [4.78, 5) is 9.97. The summed E-state index contributed by atoms with van der Waals surface area (Å²) < 4.78 is 24.0. The van der Waals surface area contributed by atoms with Crippen molar-refractivity contribution in [1.82, 2.24) is 0 Å². The maximum Gasteiger partial charge on any atom is 0.310 e. The summed E-state index contributed by atoms with van der Waals surface area (Å²) in [6.45, 7) is -0.501. The van der Waals surface area contributed by atoms with Gasteiger partial charge < -0.3 is 10.4 Å². The van der Waals surface area contributed by atoms with Crippen molar-refractivity contribution in [2.75, 3.05) is 11.9 Å². The Bertz CT molecular complexity index is 417. The van der Waals surface area contributed by atoms with Gasteiger partial charge in [-0.05, 0) is 12.1 Å². The van der Waals surface area contributed by atoms with Crippen LogP contribution in [0.1, 0.15) is 0 Å². The van der Waals surface area contributed by atoms with Crippen LogP contribution < -0.4 is 5.32 Å². The van der Waals surface area contributed by atoms with Crippen molar-refractivity contribution < 1.29 is 18.8 Å². The van der Waals surface area contributed by atoms with E-state index in [1.54, 1.807) is 0 Å². The molecule has 0 aromatic heterocycles. The highest BCUT2D eigenvalue weighted by Gasteiger charge is 2.21. The van der Waals surface area contributed by atoms with Crippen LogP contribution in [0, 0.1) is 10.1 Å². The van der Waals surface area contributed by atoms with Gasteiger partial charge in [-0.25, -0.2) is 8.78 Å². The van der Waals surface area contributed by atoms with Crippen LogP contribution in [0.2, 0.25) is 5.02 Å². The fourth-order valence-corrected chi connectivity index (χ4v) is 1.39. The zero-order valence-electron chi connectivity index (χ0n) is 8.44. The van der Waals surface area contributed by atoms with Crippen molar-refractivity contribution in [1.29, 1.82) is 0 Å². The Morgan fingerprint density at radius 3 is 2.71 bits per heavy atom. The van der Waals surface area contributed by atoms with E-state index in [4.69, 9.17) is 16.7 Å². The van der Waals surface area contributed by atoms with Crippen molar-refractivity contribution in [3.8, 4) is 0 Å². The average Bonchev–Trinajstić information content (AvgIpc) is 2.24. The Hall–Kier alpha value is -1.47. The fraction of sp³-hybridized carbons (Fsp3) is 0.333. The van der Waals surface area contributed by atoms with Gasteiger partial charge in [-0.15, -0.1) is 0 Å². The summed E-state index contributed by atoms with van der Waals surface area (Å²) in [6, 6.07) is 4.07. The number of nitro groups is 1. The summed E-state index contributed by atoms with van der Waals surface area (Å²) >= 11 is 5.61. The van der Waals surface area contributed by atoms with Crippen LogP contribution in [0.25, 0.3) is 0 Å². The lowest BCUT2D eigenvalue weighted by Gasteiger charge is -2.12. The second kappa shape index (κ2) is 5.74. The predicted octanol–water partition coefficient (Wildman–Crippen LogP) is 2.29. The van der Waals surface area contributed by atoms with Crippen molar-refractivity contribution >= 4 is 23.0 Å². The van der Waals surface area contributed by atoms with Crippen LogP contribution in [0.4, 0.5) is 20.2 Å². The molecule has 94 valence electrons. The summed E-state index contributed by atoms with van der Waals surface area (Å²) in [5.74, 6) is 0. The zero-order valence-corrected chi connectivity index (χ0v) is 9.19. The lowest BCUT2D eigenvalue weighted by Crippen LogP contribution is -2.27. The third-order valence-electron chi connectivity index (χ3n) is 1.96. The van der Waals surface area contributed by atoms with E-state index in [1.807, 2.05) is 0 Å². The maximum absolute atomic E-state index is 12.0. The van der Waals surface area contributed by atoms with Crippen molar-refractivity contribution in [3.05, 3.63) is 33.3 Å². The summed E-state index contributed by atoms with van der Waals surface area (Å²) in [7, 11) is 0. The van der Waals surface area contributed by atoms with Gasteiger partial charge in [0.1, 0.15) is 16.8 Å². The van der Waals surface area contributed by atoms with Crippen LogP contribution in [-0.4, -0.2) is 29.1 Å². The van der Waals surface area contributed by atoms with E-state index in [-0.39, 0.29) is 10.7 Å². The molecule has 1 atom stereocenters. The second-order valence-corrected chi connectivity index (χ2v) is 3.58. The first kappa shape index (κ1) is 13.6. The van der Waals surface area contributed by atoms with Gasteiger partial charge in [-0.3, -0.25) is 10.1 Å². The number of rotatable bonds is 5. The number of hydrogen-bond donors (Lipinski definition) is 2. The number of nitrogens with one attached hydrogen (secondary N) is 1. The number of benzene rings is 1. The lowest BCUT2D eigenvalue weighted by molar-refractivity contribution is -0.383. The van der Waals surface area contributed by atoms with Crippen LogP contribution in [-0.2, 0) is 0 Å². The van der Waals surface area contributed by atoms with Crippen molar-refractivity contribution in [3.63, 3.8) is 0 Å². The van der Waals surface area contributed by atoms with Gasteiger partial charge in [0.05, 0.1) is 4.92 Å². The standard InChI is InChI=1S/C9H9ClF2N2O3/c10-5-2-1-3-6(8(5)14(16)17)13-4-7(15)9(11)12/h1-3,7,9,13,15H,4H2. The van der Waals surface area contributed by atoms with E-state index in [0.29, 0.717) is 0 Å². The molecule has 0 spiro atoms. The molecule has 0 aliphatic rings. The monoisotopic (exact) mass is 266 g/mol. The third kappa shape index (κ3) is 3.50. The largest absolute Gasteiger partial charge is 0.385 e. The topological polar surface area (TPSA) is 75.4 Å². The van der Waals surface area contributed by atoms with E-state index >= 15 is 0 Å². The van der Waals surface area contributed by atoms with Gasteiger partial charge in [0.25, 0.3) is 6.43 Å². The molecule has 0 fully saturated rings. The number of nitrogens with zero attached hydrogens (tertiary/aromatic N) is 1. The van der Waals surface area contributed by atoms with Gasteiger partial charge >= 0.3 is 5.69 Å². The minimum absolute atomic E-state index is 0.0119. The highest BCUT2D eigenvalue weighted by molar-refractivity contribution is 6.33. The van der Waals surface area contributed by atoms with Crippen LogP contribution in [0.3, 0.4) is 0 Å². The van der Waals surface area contributed by atoms with Crippen LogP contribution >= 0.6 is 11.6 Å². The van der Waals surface area contributed by atoms with Gasteiger partial charge in [-0.2, -0.15) is 0 Å². The van der Waals surface area contributed by atoms with Crippen LogP contribution in [0.5, 0.6) is 0 Å². The molecule has 1 aromatic carbocycles. The predicted molar refractivity (Wildman–Crippen MR) is 58.6 cm³/mol. The Labute approximate surface area is 100 Å². The van der Waals surface area contributed by atoms with E-state index in [1.165, 1.54) is 18.2 Å². The molecule has 5 nitrogen and oxygen atoms in total. The number of hydrogen-bond acceptors (Lipinski definition) is 4. The van der Waals surface area contributed by atoms with E-state index in [2.05, 4.69) is 5.32 Å². The minimum atomic E-state index is -2.92. The molecule has 0 saturated heterocycles. The quantitative estimate of drug-likeness (QED) is 0.633. The molecule has 0 radical (unpaired) electrons. The highest BCUT2D eigenvalue weighted by atomic mass is 35.5. The smallest absolute Gasteiger partial charge is 0.310 e. The molecule has 1 aromatic rings. The molecule has 0 bridgehead atoms. The first-order valence-corrected chi connectivity index (χ1v) is 4.94. The summed E-state index contributed by atoms with van der Waals surface area (Å²) in [6.07, 6.45) is -4.81. The average molecular weight is 267 g/mol. The van der Waals surface area contributed by atoms with Gasteiger partial charge in [0.15, 0.2) is 0 Å². The molecule has 8 heteroatoms. The van der Waals surface area contributed by atoms with Crippen LogP contribution in [0.15, 0.2) is 18.2 Å². The van der Waals surface area contributed by atoms with Gasteiger partial charge in [0.2, 0.25) is 0 Å². The van der Waals surface area contributed by atoms with E-state index in [0.717, 1.165) is 0 Å². The normalized spacial score (nSPS) is 12.5. The Balaban J connectivity index is 2.84. The molecule has 0 aliphatic carbocycles. The molecule has 0 amide bonds. The van der Waals surface area contributed by atoms with Gasteiger partial charge in [0, 0.05) is 6.54 Å². The SMILES string of the molecule is O=[N+]([O-])c1c(Cl)cccc1NCC(O)C(F)F. The Morgan fingerprint density at radius 1 is 1.53 bits per heavy atom. The first-order chi connectivity index (χ1) is 7.93. The molecular weight excluding hydrogens is 258 g/mol. The van der Waals surface area contributed by atoms with Crippen molar-refractivity contribution in [2.45, 2.75) is 12.5 Å². The Kier molecular flexibility index (Phi) is 4.59. The fourth-order valence-electron chi connectivity index (χ4n) is 1.15. The zero-order chi connectivity index (χ0) is 13.0. The number of alkyl halides is 2. The lowest BCUT2D eigenvalue weighted by atomic mass is 10.2. The summed E-state index contributed by atoms with van der Waals surface area (Å²) in [5.41, 5.74) is -0.419. The number of aliphatic hydroxyl groups excluding tert-OH is 1. The molecule has 1 rings (SSSR count). The molecule has 17 heavy (non-hydrogen) atoms. The molecule has 0 saturated carbocycles. The number of anilines is 1. The number of halogens is 3. The summed E-state index contributed by atoms with van der Waals surface area (Å²) in [5, 5.41) is 21.8. The van der Waals surface area contributed by atoms with Crippen molar-refractivity contribution in [2.24, 2.45) is 0 Å². The molecule has 2 N–H and O–H groups in total. The van der Waals surface area contributed by atoms with E-state index < -0.39 is 29.7 Å². The second-order valence-electron chi connectivity index (χ2n) is 3.18. The highest BCUT2D eigenvalue weighted by Crippen LogP contribution is 2.32. The molecule has 0 aliphatic heterocycles. The maximum atomic E-state index is 12.0. The molecular formula is C9H9ClF2N2O3. The minimum Gasteiger partial charge on any atom is -0.385 e. The molecule has 1 unspecified atom stereocenters.